The van der Waals surface area contributed by atoms with Crippen molar-refractivity contribution >= 4 is 49.1 Å². The minimum absolute atomic E-state index is 0.198. The maximum atomic E-state index is 13.4. The van der Waals surface area contributed by atoms with Gasteiger partial charge in [0.25, 0.3) is 5.91 Å². The molecule has 0 spiro atoms. The van der Waals surface area contributed by atoms with Gasteiger partial charge in [-0.2, -0.15) is 0 Å². The quantitative estimate of drug-likeness (QED) is 0.724. The zero-order chi connectivity index (χ0) is 14.0. The van der Waals surface area contributed by atoms with Crippen LogP contribution in [0.5, 0.6) is 0 Å². The summed E-state index contributed by atoms with van der Waals surface area (Å²) in [7, 11) is 1.70. The normalized spacial score (nSPS) is 10.5. The van der Waals surface area contributed by atoms with Crippen LogP contribution < -0.4 is 0 Å². The van der Waals surface area contributed by atoms with Crippen molar-refractivity contribution in [3.8, 4) is 0 Å². The van der Waals surface area contributed by atoms with Gasteiger partial charge in [0.1, 0.15) is 5.82 Å². The number of halogens is 3. The number of carbonyl (C=O) groups is 1. The Morgan fingerprint density at radius 2 is 2.11 bits per heavy atom. The van der Waals surface area contributed by atoms with Crippen molar-refractivity contribution in [1.29, 1.82) is 0 Å². The monoisotopic (exact) mass is 405 g/mol. The largest absolute Gasteiger partial charge is 0.337 e. The molecule has 0 aliphatic heterocycles. The SMILES string of the molecule is CN(Cc1cc(Br)cs1)C(=O)c1ccc(Br)c(F)c1. The standard InChI is InChI=1S/C13H10Br2FNOS/c1-17(6-10-5-9(14)7-19-10)13(18)8-2-3-11(15)12(16)4-8/h2-5,7H,6H2,1H3. The number of amides is 1. The molecule has 2 rings (SSSR count). The Balaban J connectivity index is 2.12. The highest BCUT2D eigenvalue weighted by Gasteiger charge is 2.14. The molecule has 19 heavy (non-hydrogen) atoms. The van der Waals surface area contributed by atoms with Crippen LogP contribution in [0.4, 0.5) is 4.39 Å². The molecule has 0 bridgehead atoms. The third-order valence-electron chi connectivity index (χ3n) is 2.53. The van der Waals surface area contributed by atoms with E-state index >= 15 is 0 Å². The molecular weight excluding hydrogens is 397 g/mol. The van der Waals surface area contributed by atoms with Crippen molar-refractivity contribution in [2.24, 2.45) is 0 Å². The molecule has 0 aliphatic carbocycles. The average molecular weight is 407 g/mol. The Labute approximate surface area is 131 Å². The molecule has 0 fully saturated rings. The molecule has 0 N–H and O–H groups in total. The lowest BCUT2D eigenvalue weighted by atomic mass is 10.2. The van der Waals surface area contributed by atoms with E-state index in [-0.39, 0.29) is 5.91 Å². The first-order valence-electron chi connectivity index (χ1n) is 5.41. The highest BCUT2D eigenvalue weighted by atomic mass is 79.9. The molecule has 1 aromatic heterocycles. The molecule has 2 aromatic rings. The van der Waals surface area contributed by atoms with Gasteiger partial charge >= 0.3 is 0 Å². The van der Waals surface area contributed by atoms with E-state index in [1.54, 1.807) is 29.4 Å². The minimum Gasteiger partial charge on any atom is -0.337 e. The van der Waals surface area contributed by atoms with Gasteiger partial charge in [-0.3, -0.25) is 4.79 Å². The van der Waals surface area contributed by atoms with Crippen molar-refractivity contribution in [2.75, 3.05) is 7.05 Å². The number of thiophene rings is 1. The van der Waals surface area contributed by atoms with E-state index < -0.39 is 5.82 Å². The molecule has 1 heterocycles. The summed E-state index contributed by atoms with van der Waals surface area (Å²) in [5.74, 6) is -0.631. The van der Waals surface area contributed by atoms with E-state index in [1.165, 1.54) is 12.1 Å². The summed E-state index contributed by atoms with van der Waals surface area (Å²) in [6.45, 7) is 0.507. The van der Waals surface area contributed by atoms with Gasteiger partial charge in [0, 0.05) is 27.3 Å². The smallest absolute Gasteiger partial charge is 0.254 e. The summed E-state index contributed by atoms with van der Waals surface area (Å²) < 4.78 is 14.8. The molecule has 100 valence electrons. The zero-order valence-corrected chi connectivity index (χ0v) is 14.0. The predicted octanol–water partition coefficient (Wildman–Crippen LogP) is 4.68. The van der Waals surface area contributed by atoms with Crippen LogP contribution in [0.15, 0.2) is 38.6 Å². The van der Waals surface area contributed by atoms with Gasteiger partial charge in [0.05, 0.1) is 11.0 Å². The van der Waals surface area contributed by atoms with Gasteiger partial charge in [-0.05, 0) is 56.1 Å². The van der Waals surface area contributed by atoms with Crippen LogP contribution in [-0.4, -0.2) is 17.9 Å². The molecule has 2 nitrogen and oxygen atoms in total. The zero-order valence-electron chi connectivity index (χ0n) is 9.99. The number of hydrogen-bond donors (Lipinski definition) is 0. The Hall–Kier alpha value is -0.720. The van der Waals surface area contributed by atoms with Crippen LogP contribution in [0.25, 0.3) is 0 Å². The lowest BCUT2D eigenvalue weighted by Gasteiger charge is -2.16. The Bertz CT molecular complexity index is 614. The van der Waals surface area contributed by atoms with E-state index in [2.05, 4.69) is 31.9 Å². The van der Waals surface area contributed by atoms with Crippen LogP contribution in [-0.2, 0) is 6.54 Å². The van der Waals surface area contributed by atoms with Gasteiger partial charge in [0.2, 0.25) is 0 Å². The molecule has 0 radical (unpaired) electrons. The second kappa shape index (κ2) is 6.15. The molecule has 1 amide bonds. The molecule has 0 aliphatic rings. The number of benzene rings is 1. The van der Waals surface area contributed by atoms with Crippen molar-refractivity contribution in [3.05, 3.63) is 54.8 Å². The minimum atomic E-state index is -0.432. The summed E-state index contributed by atoms with van der Waals surface area (Å²) in [6.07, 6.45) is 0. The molecule has 0 atom stereocenters. The Morgan fingerprint density at radius 3 is 2.68 bits per heavy atom. The van der Waals surface area contributed by atoms with Gasteiger partial charge in [0.15, 0.2) is 0 Å². The second-order valence-corrected chi connectivity index (χ2v) is 6.79. The van der Waals surface area contributed by atoms with E-state index in [0.717, 1.165) is 9.35 Å². The third-order valence-corrected chi connectivity index (χ3v) is 4.85. The molecular formula is C13H10Br2FNOS. The van der Waals surface area contributed by atoms with Gasteiger partial charge in [-0.25, -0.2) is 4.39 Å². The van der Waals surface area contributed by atoms with Crippen molar-refractivity contribution in [2.45, 2.75) is 6.54 Å². The van der Waals surface area contributed by atoms with E-state index in [9.17, 15) is 9.18 Å². The first-order chi connectivity index (χ1) is 8.97. The summed E-state index contributed by atoms with van der Waals surface area (Å²) in [6, 6.07) is 6.36. The van der Waals surface area contributed by atoms with Crippen LogP contribution in [0, 0.1) is 5.82 Å². The Morgan fingerprint density at radius 1 is 1.37 bits per heavy atom. The van der Waals surface area contributed by atoms with Crippen molar-refractivity contribution < 1.29 is 9.18 Å². The number of carbonyl (C=O) groups excluding carboxylic acids is 1. The lowest BCUT2D eigenvalue weighted by Crippen LogP contribution is -2.25. The van der Waals surface area contributed by atoms with Crippen LogP contribution in [0.2, 0.25) is 0 Å². The van der Waals surface area contributed by atoms with E-state index in [4.69, 9.17) is 0 Å². The van der Waals surface area contributed by atoms with Crippen molar-refractivity contribution in [1.82, 2.24) is 4.90 Å². The summed E-state index contributed by atoms with van der Waals surface area (Å²) >= 11 is 8.02. The molecule has 0 unspecified atom stereocenters. The predicted molar refractivity (Wildman–Crippen MR) is 81.9 cm³/mol. The first-order valence-corrected chi connectivity index (χ1v) is 7.87. The van der Waals surface area contributed by atoms with E-state index in [1.807, 2.05) is 11.4 Å². The van der Waals surface area contributed by atoms with Crippen LogP contribution >= 0.6 is 43.2 Å². The fraction of sp³-hybridized carbons (Fsp3) is 0.154. The van der Waals surface area contributed by atoms with Gasteiger partial charge in [-0.1, -0.05) is 0 Å². The third kappa shape index (κ3) is 3.64. The highest BCUT2D eigenvalue weighted by molar-refractivity contribution is 9.10. The second-order valence-electron chi connectivity index (χ2n) is 4.02. The van der Waals surface area contributed by atoms with Crippen LogP contribution in [0.3, 0.4) is 0 Å². The van der Waals surface area contributed by atoms with Crippen LogP contribution in [0.1, 0.15) is 15.2 Å². The lowest BCUT2D eigenvalue weighted by molar-refractivity contribution is 0.0786. The topological polar surface area (TPSA) is 20.3 Å². The number of nitrogens with zero attached hydrogens (tertiary/aromatic N) is 1. The molecule has 0 saturated carbocycles. The molecule has 6 heteroatoms. The Kier molecular flexibility index (Phi) is 4.76. The first kappa shape index (κ1) is 14.7. The van der Waals surface area contributed by atoms with Crippen molar-refractivity contribution in [3.63, 3.8) is 0 Å². The van der Waals surface area contributed by atoms with Gasteiger partial charge in [-0.15, -0.1) is 11.3 Å². The molecule has 0 saturated heterocycles. The summed E-state index contributed by atoms with van der Waals surface area (Å²) in [4.78, 5) is 14.8. The summed E-state index contributed by atoms with van der Waals surface area (Å²) in [5, 5.41) is 1.97. The number of hydrogen-bond acceptors (Lipinski definition) is 2. The summed E-state index contributed by atoms with van der Waals surface area (Å²) in [5.41, 5.74) is 0.346. The number of rotatable bonds is 3. The maximum Gasteiger partial charge on any atom is 0.254 e. The highest BCUT2D eigenvalue weighted by Crippen LogP contribution is 2.22. The molecule has 1 aromatic carbocycles. The fourth-order valence-electron chi connectivity index (χ4n) is 1.59. The average Bonchev–Trinajstić information content (AvgIpc) is 2.77. The fourth-order valence-corrected chi connectivity index (χ4v) is 3.34. The maximum absolute atomic E-state index is 13.4. The van der Waals surface area contributed by atoms with E-state index in [0.29, 0.717) is 16.6 Å². The van der Waals surface area contributed by atoms with Gasteiger partial charge < -0.3 is 4.90 Å².